The van der Waals surface area contributed by atoms with Crippen LogP contribution in [0.1, 0.15) is 11.3 Å². The third-order valence-electron chi connectivity index (χ3n) is 3.83. The van der Waals surface area contributed by atoms with Crippen LogP contribution in [0.4, 0.5) is 23.7 Å². The molecule has 0 atom stereocenters. The first-order chi connectivity index (χ1) is 12.8. The molecule has 0 spiro atoms. The molecule has 0 unspecified atom stereocenters. The predicted octanol–water partition coefficient (Wildman–Crippen LogP) is 3.82. The van der Waals surface area contributed by atoms with Crippen LogP contribution in [0.2, 0.25) is 0 Å². The zero-order valence-electron chi connectivity index (χ0n) is 14.3. The van der Waals surface area contributed by atoms with Crippen molar-refractivity contribution < 1.29 is 18.0 Å². The highest BCUT2D eigenvalue weighted by atomic mass is 19.4. The summed E-state index contributed by atoms with van der Waals surface area (Å²) in [6.45, 7) is 0.205. The fraction of sp³-hybridized carbons (Fsp3) is 0.167. The first-order valence-electron chi connectivity index (χ1n) is 7.98. The van der Waals surface area contributed by atoms with Crippen LogP contribution in [-0.4, -0.2) is 20.8 Å². The SMILES string of the molecule is Cn1nc(-c2cccnc2)cc1CNC(=O)Nc1ccc(C(F)(F)F)cc1. The molecule has 0 bridgehead atoms. The monoisotopic (exact) mass is 375 g/mol. The summed E-state index contributed by atoms with van der Waals surface area (Å²) in [5.74, 6) is 0. The second-order valence-corrected chi connectivity index (χ2v) is 5.77. The van der Waals surface area contributed by atoms with Crippen LogP contribution in [0.25, 0.3) is 11.3 Å². The maximum Gasteiger partial charge on any atom is 0.416 e. The molecule has 0 radical (unpaired) electrons. The lowest BCUT2D eigenvalue weighted by Gasteiger charge is -2.10. The van der Waals surface area contributed by atoms with Crippen molar-refractivity contribution in [2.45, 2.75) is 12.7 Å². The topological polar surface area (TPSA) is 71.8 Å². The molecule has 0 fully saturated rings. The normalized spacial score (nSPS) is 11.3. The standard InChI is InChI=1S/C18H16F3N5O/c1-26-15(9-16(25-26)12-3-2-8-22-10-12)11-23-17(27)24-14-6-4-13(5-7-14)18(19,20)21/h2-10H,11H2,1H3,(H2,23,24,27). The first kappa shape index (κ1) is 18.4. The fourth-order valence-corrected chi connectivity index (χ4v) is 2.42. The Hall–Kier alpha value is -3.36. The lowest BCUT2D eigenvalue weighted by atomic mass is 10.2. The molecule has 3 aromatic rings. The van der Waals surface area contributed by atoms with Gasteiger partial charge in [-0.1, -0.05) is 0 Å². The lowest BCUT2D eigenvalue weighted by Crippen LogP contribution is -2.29. The van der Waals surface area contributed by atoms with Gasteiger partial charge in [-0.15, -0.1) is 0 Å². The van der Waals surface area contributed by atoms with E-state index in [2.05, 4.69) is 20.7 Å². The number of nitrogens with zero attached hydrogens (tertiary/aromatic N) is 3. The number of urea groups is 1. The second kappa shape index (κ2) is 7.48. The Labute approximate surface area is 153 Å². The van der Waals surface area contributed by atoms with E-state index >= 15 is 0 Å². The molecule has 0 saturated heterocycles. The van der Waals surface area contributed by atoms with Crippen molar-refractivity contribution in [1.82, 2.24) is 20.1 Å². The number of amides is 2. The second-order valence-electron chi connectivity index (χ2n) is 5.77. The number of nitrogens with one attached hydrogen (secondary N) is 2. The molecule has 0 aliphatic heterocycles. The van der Waals surface area contributed by atoms with Crippen LogP contribution in [0.5, 0.6) is 0 Å². The predicted molar refractivity (Wildman–Crippen MR) is 93.7 cm³/mol. The van der Waals surface area contributed by atoms with Crippen LogP contribution in [0.3, 0.4) is 0 Å². The Morgan fingerprint density at radius 2 is 1.93 bits per heavy atom. The summed E-state index contributed by atoms with van der Waals surface area (Å²) in [5.41, 5.74) is 1.84. The number of aromatic nitrogens is 3. The number of aryl methyl sites for hydroxylation is 1. The first-order valence-corrected chi connectivity index (χ1v) is 7.98. The molecular weight excluding hydrogens is 359 g/mol. The molecule has 27 heavy (non-hydrogen) atoms. The van der Waals surface area contributed by atoms with Crippen molar-refractivity contribution in [2.24, 2.45) is 7.05 Å². The molecule has 0 aliphatic carbocycles. The highest BCUT2D eigenvalue weighted by Gasteiger charge is 2.29. The van der Waals surface area contributed by atoms with Gasteiger partial charge in [0.15, 0.2) is 0 Å². The van der Waals surface area contributed by atoms with Gasteiger partial charge in [0.2, 0.25) is 0 Å². The van der Waals surface area contributed by atoms with Gasteiger partial charge in [0, 0.05) is 30.7 Å². The minimum Gasteiger partial charge on any atom is -0.332 e. The molecule has 1 aromatic carbocycles. The molecule has 0 aliphatic rings. The summed E-state index contributed by atoms with van der Waals surface area (Å²) < 4.78 is 39.3. The summed E-state index contributed by atoms with van der Waals surface area (Å²) in [5, 5.41) is 9.51. The van der Waals surface area contributed by atoms with Crippen molar-refractivity contribution in [3.05, 3.63) is 66.1 Å². The van der Waals surface area contributed by atoms with E-state index in [1.807, 2.05) is 12.1 Å². The Morgan fingerprint density at radius 1 is 1.19 bits per heavy atom. The zero-order valence-corrected chi connectivity index (χ0v) is 14.3. The van der Waals surface area contributed by atoms with E-state index in [0.29, 0.717) is 0 Å². The molecule has 2 N–H and O–H groups in total. The molecule has 2 heterocycles. The van der Waals surface area contributed by atoms with Crippen LogP contribution in [0, 0.1) is 0 Å². The summed E-state index contributed by atoms with van der Waals surface area (Å²) in [7, 11) is 1.75. The molecule has 9 heteroatoms. The van der Waals surface area contributed by atoms with Gasteiger partial charge in [-0.2, -0.15) is 18.3 Å². The Morgan fingerprint density at radius 3 is 2.56 bits per heavy atom. The van der Waals surface area contributed by atoms with Crippen molar-refractivity contribution in [2.75, 3.05) is 5.32 Å². The molecular formula is C18H16F3N5O. The number of carbonyl (C=O) groups excluding carboxylic acids is 1. The van der Waals surface area contributed by atoms with Gasteiger partial charge in [0.1, 0.15) is 0 Å². The third kappa shape index (κ3) is 4.63. The maximum absolute atomic E-state index is 12.5. The number of rotatable bonds is 4. The van der Waals surface area contributed by atoms with Crippen molar-refractivity contribution in [1.29, 1.82) is 0 Å². The minimum absolute atomic E-state index is 0.205. The Kier molecular flexibility index (Phi) is 5.11. The van der Waals surface area contributed by atoms with Gasteiger partial charge in [0.25, 0.3) is 0 Å². The number of anilines is 1. The van der Waals surface area contributed by atoms with Crippen LogP contribution >= 0.6 is 0 Å². The zero-order chi connectivity index (χ0) is 19.4. The van der Waals surface area contributed by atoms with Crippen molar-refractivity contribution >= 4 is 11.7 Å². The average Bonchev–Trinajstić information content (AvgIpc) is 3.01. The van der Waals surface area contributed by atoms with Gasteiger partial charge in [-0.25, -0.2) is 4.79 Å². The summed E-state index contributed by atoms with van der Waals surface area (Å²) in [6.07, 6.45) is -1.05. The van der Waals surface area contributed by atoms with Crippen LogP contribution < -0.4 is 10.6 Å². The van der Waals surface area contributed by atoms with Crippen LogP contribution in [-0.2, 0) is 19.8 Å². The van der Waals surface area contributed by atoms with E-state index in [1.54, 1.807) is 30.2 Å². The fourth-order valence-electron chi connectivity index (χ4n) is 2.42. The highest BCUT2D eigenvalue weighted by molar-refractivity contribution is 5.89. The number of hydrogen-bond donors (Lipinski definition) is 2. The van der Waals surface area contributed by atoms with Crippen molar-refractivity contribution in [3.8, 4) is 11.3 Å². The minimum atomic E-state index is -4.41. The number of pyridine rings is 1. The third-order valence-corrected chi connectivity index (χ3v) is 3.83. The number of halogens is 3. The molecule has 2 amide bonds. The molecule has 2 aromatic heterocycles. The molecule has 6 nitrogen and oxygen atoms in total. The van der Waals surface area contributed by atoms with E-state index in [4.69, 9.17) is 0 Å². The summed E-state index contributed by atoms with van der Waals surface area (Å²) >= 11 is 0. The van der Waals surface area contributed by atoms with Gasteiger partial charge >= 0.3 is 12.2 Å². The average molecular weight is 375 g/mol. The number of alkyl halides is 3. The highest BCUT2D eigenvalue weighted by Crippen LogP contribution is 2.29. The van der Waals surface area contributed by atoms with E-state index in [1.165, 1.54) is 12.1 Å². The summed E-state index contributed by atoms with van der Waals surface area (Å²) in [4.78, 5) is 16.0. The van der Waals surface area contributed by atoms with Gasteiger partial charge in [-0.3, -0.25) is 9.67 Å². The van der Waals surface area contributed by atoms with Crippen molar-refractivity contribution in [3.63, 3.8) is 0 Å². The molecule has 3 rings (SSSR count). The maximum atomic E-state index is 12.5. The van der Waals surface area contributed by atoms with Gasteiger partial charge < -0.3 is 10.6 Å². The Bertz CT molecular complexity index is 920. The van der Waals surface area contributed by atoms with Gasteiger partial charge in [-0.05, 0) is 42.5 Å². The number of benzene rings is 1. The van der Waals surface area contributed by atoms with E-state index in [0.717, 1.165) is 29.1 Å². The largest absolute Gasteiger partial charge is 0.416 e. The van der Waals surface area contributed by atoms with E-state index < -0.39 is 17.8 Å². The Balaban J connectivity index is 1.59. The quantitative estimate of drug-likeness (QED) is 0.728. The molecule has 140 valence electrons. The summed E-state index contributed by atoms with van der Waals surface area (Å²) in [6, 6.07) is 9.21. The number of hydrogen-bond acceptors (Lipinski definition) is 3. The van der Waals surface area contributed by atoms with Gasteiger partial charge in [0.05, 0.1) is 23.5 Å². The van der Waals surface area contributed by atoms with E-state index in [9.17, 15) is 18.0 Å². The van der Waals surface area contributed by atoms with Crippen LogP contribution in [0.15, 0.2) is 54.9 Å². The smallest absolute Gasteiger partial charge is 0.332 e. The van der Waals surface area contributed by atoms with E-state index in [-0.39, 0.29) is 12.2 Å². The number of carbonyl (C=O) groups is 1. The lowest BCUT2D eigenvalue weighted by molar-refractivity contribution is -0.137. The molecule has 0 saturated carbocycles.